The molecule has 5 heteroatoms. The fraction of sp³-hybridized carbons (Fsp3) is 0.125. The minimum atomic E-state index is -0.0345. The third kappa shape index (κ3) is 3.71. The van der Waals surface area contributed by atoms with Crippen LogP contribution in [0, 0.1) is 0 Å². The highest BCUT2D eigenvalue weighted by molar-refractivity contribution is 6.67. The van der Waals surface area contributed by atoms with Crippen molar-refractivity contribution in [1.29, 1.82) is 0 Å². The molecule has 1 atom stereocenters. The molecule has 0 radical (unpaired) electrons. The van der Waals surface area contributed by atoms with Crippen LogP contribution >= 0.6 is 11.6 Å². The molecule has 4 nitrogen and oxygen atoms in total. The van der Waals surface area contributed by atoms with Gasteiger partial charge in [-0.1, -0.05) is 66.2 Å². The zero-order chi connectivity index (χ0) is 19.6. The first-order chi connectivity index (χ1) is 14.3. The fourth-order valence-corrected chi connectivity index (χ4v) is 3.93. The topological polar surface area (TPSA) is 49.1 Å². The Kier molecular flexibility index (Phi) is 4.70. The maximum atomic E-state index is 6.47. The summed E-state index contributed by atoms with van der Waals surface area (Å²) in [6.45, 7) is 0. The molecule has 0 saturated carbocycles. The van der Waals surface area contributed by atoms with Gasteiger partial charge in [0.2, 0.25) is 0 Å². The first-order valence-corrected chi connectivity index (χ1v) is 10.0. The summed E-state index contributed by atoms with van der Waals surface area (Å²) in [4.78, 5) is 14.5. The molecule has 2 aliphatic rings. The van der Waals surface area contributed by atoms with Crippen LogP contribution in [-0.4, -0.2) is 22.6 Å². The van der Waals surface area contributed by atoms with Gasteiger partial charge in [-0.25, -0.2) is 4.99 Å². The van der Waals surface area contributed by atoms with Gasteiger partial charge in [-0.3, -0.25) is 9.98 Å². The van der Waals surface area contributed by atoms with E-state index in [1.165, 1.54) is 0 Å². The molecule has 3 aromatic carbocycles. The van der Waals surface area contributed by atoms with Gasteiger partial charge in [0.05, 0.1) is 34.5 Å². The number of aliphatic imine (C=N–C) groups is 3. The lowest BCUT2D eigenvalue weighted by Crippen LogP contribution is -2.32. The van der Waals surface area contributed by atoms with Crippen molar-refractivity contribution in [3.63, 3.8) is 0 Å². The molecule has 2 aliphatic heterocycles. The molecule has 1 N–H and O–H groups in total. The number of hydrogen-bond donors (Lipinski definition) is 1. The van der Waals surface area contributed by atoms with E-state index in [1.54, 1.807) is 0 Å². The van der Waals surface area contributed by atoms with E-state index in [4.69, 9.17) is 21.6 Å². The number of nitrogens with one attached hydrogen (secondary N) is 1. The van der Waals surface area contributed by atoms with Crippen molar-refractivity contribution in [2.45, 2.75) is 18.9 Å². The van der Waals surface area contributed by atoms with E-state index in [0.717, 1.165) is 39.7 Å². The van der Waals surface area contributed by atoms with Crippen molar-refractivity contribution < 1.29 is 0 Å². The summed E-state index contributed by atoms with van der Waals surface area (Å²) in [5.41, 5.74) is 6.69. The Morgan fingerprint density at radius 1 is 0.724 bits per heavy atom. The number of nitrogens with zero attached hydrogens (tertiary/aromatic N) is 3. The summed E-state index contributed by atoms with van der Waals surface area (Å²) in [5.74, 6) is 0. The van der Waals surface area contributed by atoms with Crippen molar-refractivity contribution in [3.8, 4) is 0 Å². The number of halogens is 1. The number of hydrogen-bond acceptors (Lipinski definition) is 4. The average molecular weight is 399 g/mol. The minimum Gasteiger partial charge on any atom is -0.375 e. The van der Waals surface area contributed by atoms with Crippen LogP contribution < -0.4 is 5.32 Å². The van der Waals surface area contributed by atoms with Crippen LogP contribution in [-0.2, 0) is 0 Å². The second-order valence-corrected chi connectivity index (χ2v) is 7.54. The molecule has 0 amide bonds. The Bertz CT molecular complexity index is 1150. The van der Waals surface area contributed by atoms with Crippen LogP contribution in [0.15, 0.2) is 93.8 Å². The largest absolute Gasteiger partial charge is 0.375 e. The van der Waals surface area contributed by atoms with Crippen LogP contribution in [0.4, 0.5) is 22.7 Å². The predicted molar refractivity (Wildman–Crippen MR) is 122 cm³/mol. The van der Waals surface area contributed by atoms with Gasteiger partial charge in [-0.15, -0.1) is 0 Å². The summed E-state index contributed by atoms with van der Waals surface area (Å²) < 4.78 is 0. The molecule has 5 rings (SSSR count). The first-order valence-electron chi connectivity index (χ1n) is 9.64. The zero-order valence-electron chi connectivity index (χ0n) is 15.7. The van der Waals surface area contributed by atoms with E-state index in [1.807, 2.05) is 60.7 Å². The van der Waals surface area contributed by atoms with Gasteiger partial charge in [0.15, 0.2) is 0 Å². The number of benzene rings is 3. The molecule has 1 unspecified atom stereocenters. The van der Waals surface area contributed by atoms with Crippen LogP contribution in [0.25, 0.3) is 0 Å². The average Bonchev–Trinajstić information content (AvgIpc) is 3.05. The highest BCUT2D eigenvalue weighted by Gasteiger charge is 2.26. The summed E-state index contributed by atoms with van der Waals surface area (Å²) in [5, 5.41) is 4.20. The van der Waals surface area contributed by atoms with Gasteiger partial charge in [-0.05, 0) is 29.8 Å². The van der Waals surface area contributed by atoms with E-state index < -0.39 is 0 Å². The molecule has 3 aromatic rings. The summed E-state index contributed by atoms with van der Waals surface area (Å²) >= 11 is 6.47. The van der Waals surface area contributed by atoms with Gasteiger partial charge < -0.3 is 5.32 Å². The molecule has 0 spiro atoms. The van der Waals surface area contributed by atoms with Crippen LogP contribution in [0.3, 0.4) is 0 Å². The molecule has 142 valence electrons. The SMILES string of the molecule is ClC1=Nc2ccccc2N=C(C2CC(c3ccccc3)=Nc3ccccc3N2)C1. The second-order valence-electron chi connectivity index (χ2n) is 7.10. The molecule has 29 heavy (non-hydrogen) atoms. The molecule has 0 aliphatic carbocycles. The number of fused-ring (bicyclic) bond motifs is 2. The van der Waals surface area contributed by atoms with Gasteiger partial charge in [0.25, 0.3) is 0 Å². The first kappa shape index (κ1) is 17.8. The normalized spacial score (nSPS) is 18.1. The molecule has 0 aromatic heterocycles. The highest BCUT2D eigenvalue weighted by atomic mass is 35.5. The zero-order valence-corrected chi connectivity index (χ0v) is 16.5. The molecule has 0 fully saturated rings. The minimum absolute atomic E-state index is 0.0345. The maximum absolute atomic E-state index is 6.47. The Hall–Kier alpha value is -3.24. The van der Waals surface area contributed by atoms with Crippen molar-refractivity contribution >= 4 is 50.9 Å². The van der Waals surface area contributed by atoms with Crippen LogP contribution in [0.5, 0.6) is 0 Å². The van der Waals surface area contributed by atoms with Gasteiger partial charge in [0.1, 0.15) is 5.17 Å². The Morgan fingerprint density at radius 2 is 1.38 bits per heavy atom. The summed E-state index contributed by atoms with van der Waals surface area (Å²) in [6, 6.07) is 26.2. The quantitative estimate of drug-likeness (QED) is 0.530. The number of para-hydroxylation sites is 4. The van der Waals surface area contributed by atoms with E-state index in [0.29, 0.717) is 18.0 Å². The van der Waals surface area contributed by atoms with E-state index in [9.17, 15) is 0 Å². The lowest BCUT2D eigenvalue weighted by Gasteiger charge is -2.20. The summed E-state index contributed by atoms with van der Waals surface area (Å²) in [6.07, 6.45) is 1.22. The third-order valence-corrected chi connectivity index (χ3v) is 5.33. The van der Waals surface area contributed by atoms with Crippen molar-refractivity contribution in [1.82, 2.24) is 0 Å². The van der Waals surface area contributed by atoms with Crippen molar-refractivity contribution in [3.05, 3.63) is 84.4 Å². The predicted octanol–water partition coefficient (Wildman–Crippen LogP) is 6.44. The Balaban J connectivity index is 1.60. The smallest absolute Gasteiger partial charge is 0.112 e. The second kappa shape index (κ2) is 7.64. The highest BCUT2D eigenvalue weighted by Crippen LogP contribution is 2.34. The monoisotopic (exact) mass is 398 g/mol. The molecule has 2 heterocycles. The lowest BCUT2D eigenvalue weighted by atomic mass is 9.98. The van der Waals surface area contributed by atoms with Crippen molar-refractivity contribution in [2.75, 3.05) is 5.32 Å². The Labute approximate surface area is 174 Å². The van der Waals surface area contributed by atoms with Gasteiger partial charge in [0, 0.05) is 18.6 Å². The van der Waals surface area contributed by atoms with Gasteiger partial charge >= 0.3 is 0 Å². The maximum Gasteiger partial charge on any atom is 0.112 e. The third-order valence-electron chi connectivity index (χ3n) is 5.11. The Morgan fingerprint density at radius 3 is 2.17 bits per heavy atom. The van der Waals surface area contributed by atoms with E-state index >= 15 is 0 Å². The summed E-state index contributed by atoms with van der Waals surface area (Å²) in [7, 11) is 0. The fourth-order valence-electron chi connectivity index (χ4n) is 3.70. The molecular formula is C24H19ClN4. The standard InChI is InChI=1S/C24H19ClN4/c25-24-15-23(28-19-12-6-7-13-20(19)29-24)22-14-21(16-8-2-1-3-9-16)26-17-10-4-5-11-18(17)27-22/h1-13,22,27H,14-15H2. The van der Waals surface area contributed by atoms with Crippen LogP contribution in [0.1, 0.15) is 18.4 Å². The lowest BCUT2D eigenvalue weighted by molar-refractivity contribution is 0.962. The van der Waals surface area contributed by atoms with E-state index in [-0.39, 0.29) is 6.04 Å². The van der Waals surface area contributed by atoms with Gasteiger partial charge in [-0.2, -0.15) is 0 Å². The molecule has 0 bridgehead atoms. The van der Waals surface area contributed by atoms with E-state index in [2.05, 4.69) is 28.5 Å². The van der Waals surface area contributed by atoms with Crippen LogP contribution in [0.2, 0.25) is 0 Å². The van der Waals surface area contributed by atoms with Crippen molar-refractivity contribution in [2.24, 2.45) is 15.0 Å². The molecular weight excluding hydrogens is 380 g/mol. The molecule has 0 saturated heterocycles. The number of rotatable bonds is 2. The number of anilines is 1.